The standard InChI is InChI=1S/C24H26N2O3Se/c1-16(2)29-21-10-8-19(9-11-21)23-25-12-22(30-23)18-6-4-17(5-7-18)13-26-14-20(15-26)24(27)28-3/h4-12,16,20H,13-15H2,1-3H3. The number of benzene rings is 2. The maximum atomic E-state index is 11.5. The molecule has 0 atom stereocenters. The molecule has 0 aliphatic carbocycles. The molecule has 0 N–H and O–H groups in total. The number of likely N-dealkylation sites (tertiary alicyclic amines) is 1. The number of aromatic nitrogens is 1. The van der Waals surface area contributed by atoms with E-state index in [9.17, 15) is 4.79 Å². The zero-order chi connectivity index (χ0) is 21.1. The molecule has 0 bridgehead atoms. The molecule has 3 aromatic rings. The van der Waals surface area contributed by atoms with Crippen LogP contribution in [-0.4, -0.2) is 56.7 Å². The second-order valence-corrected chi connectivity index (χ2v) is 9.99. The van der Waals surface area contributed by atoms with Crippen molar-refractivity contribution < 1.29 is 14.3 Å². The topological polar surface area (TPSA) is 51.7 Å². The Labute approximate surface area is 183 Å². The van der Waals surface area contributed by atoms with E-state index in [1.807, 2.05) is 32.2 Å². The molecule has 30 heavy (non-hydrogen) atoms. The van der Waals surface area contributed by atoms with Gasteiger partial charge in [-0.3, -0.25) is 0 Å². The number of nitrogens with zero attached hydrogens (tertiary/aromatic N) is 2. The van der Waals surface area contributed by atoms with Crippen molar-refractivity contribution in [2.75, 3.05) is 20.2 Å². The molecular weight excluding hydrogens is 443 g/mol. The average Bonchev–Trinajstić information content (AvgIpc) is 3.20. The second-order valence-electron chi connectivity index (χ2n) is 7.83. The summed E-state index contributed by atoms with van der Waals surface area (Å²) in [5.41, 5.74) is 3.65. The van der Waals surface area contributed by atoms with Gasteiger partial charge in [-0.2, -0.15) is 0 Å². The van der Waals surface area contributed by atoms with Gasteiger partial charge in [0.05, 0.1) is 0 Å². The van der Waals surface area contributed by atoms with Crippen molar-refractivity contribution in [3.05, 3.63) is 60.3 Å². The van der Waals surface area contributed by atoms with E-state index < -0.39 is 0 Å². The first-order chi connectivity index (χ1) is 14.5. The SMILES string of the molecule is COC(=O)C1CN(Cc2ccc(-c3cnc(-c4ccc(OC(C)C)cc4)[se]3)cc2)C1. The van der Waals surface area contributed by atoms with Gasteiger partial charge in [-0.15, -0.1) is 0 Å². The molecule has 0 radical (unpaired) electrons. The zero-order valence-corrected chi connectivity index (χ0v) is 19.2. The van der Waals surface area contributed by atoms with Crippen LogP contribution in [0.4, 0.5) is 0 Å². The Kier molecular flexibility index (Phi) is 6.37. The van der Waals surface area contributed by atoms with E-state index in [-0.39, 0.29) is 32.5 Å². The number of rotatable bonds is 7. The van der Waals surface area contributed by atoms with Crippen molar-refractivity contribution in [2.45, 2.75) is 26.5 Å². The molecule has 5 nitrogen and oxygen atoms in total. The predicted molar refractivity (Wildman–Crippen MR) is 119 cm³/mol. The Balaban J connectivity index is 1.37. The third-order valence-corrected chi connectivity index (χ3v) is 7.41. The Morgan fingerprint density at radius 3 is 2.40 bits per heavy atom. The van der Waals surface area contributed by atoms with Crippen LogP contribution in [0, 0.1) is 5.92 Å². The van der Waals surface area contributed by atoms with Crippen LogP contribution >= 0.6 is 0 Å². The molecule has 0 spiro atoms. The molecule has 1 aromatic heterocycles. The number of methoxy groups -OCH3 is 1. The third kappa shape index (κ3) is 4.84. The molecule has 0 saturated carbocycles. The van der Waals surface area contributed by atoms with E-state index in [2.05, 4.69) is 46.3 Å². The molecule has 1 aliphatic heterocycles. The number of hydrogen-bond acceptors (Lipinski definition) is 5. The number of esters is 1. The molecule has 156 valence electrons. The molecule has 2 heterocycles. The van der Waals surface area contributed by atoms with Crippen LogP contribution in [0.3, 0.4) is 0 Å². The molecule has 1 aliphatic rings. The van der Waals surface area contributed by atoms with E-state index in [1.54, 1.807) is 0 Å². The first-order valence-corrected chi connectivity index (χ1v) is 11.9. The molecule has 0 unspecified atom stereocenters. The summed E-state index contributed by atoms with van der Waals surface area (Å²) in [7, 11) is 1.45. The number of hydrogen-bond donors (Lipinski definition) is 0. The van der Waals surface area contributed by atoms with E-state index in [0.717, 1.165) is 35.5 Å². The monoisotopic (exact) mass is 470 g/mol. The Morgan fingerprint density at radius 1 is 1.10 bits per heavy atom. The molecule has 1 fully saturated rings. The van der Waals surface area contributed by atoms with Gasteiger partial charge in [0.15, 0.2) is 0 Å². The van der Waals surface area contributed by atoms with Gasteiger partial charge in [0.25, 0.3) is 0 Å². The van der Waals surface area contributed by atoms with Gasteiger partial charge in [-0.1, -0.05) is 0 Å². The normalized spacial score (nSPS) is 14.5. The second kappa shape index (κ2) is 9.17. The summed E-state index contributed by atoms with van der Waals surface area (Å²) in [6, 6.07) is 16.9. The number of carbonyl (C=O) groups is 1. The number of ether oxygens (including phenoxy) is 2. The van der Waals surface area contributed by atoms with Gasteiger partial charge in [0.1, 0.15) is 0 Å². The van der Waals surface area contributed by atoms with E-state index in [1.165, 1.54) is 22.7 Å². The molecule has 4 rings (SSSR count). The van der Waals surface area contributed by atoms with E-state index in [0.29, 0.717) is 0 Å². The quantitative estimate of drug-likeness (QED) is 0.389. The Morgan fingerprint density at radius 2 is 1.77 bits per heavy atom. The van der Waals surface area contributed by atoms with Crippen molar-refractivity contribution in [3.63, 3.8) is 0 Å². The van der Waals surface area contributed by atoms with Crippen molar-refractivity contribution in [3.8, 4) is 25.9 Å². The van der Waals surface area contributed by atoms with Gasteiger partial charge < -0.3 is 0 Å². The molecule has 0 amide bonds. The summed E-state index contributed by atoms with van der Waals surface area (Å²) in [6.45, 7) is 6.48. The summed E-state index contributed by atoms with van der Waals surface area (Å²) in [6.07, 6.45) is 2.18. The third-order valence-electron chi connectivity index (χ3n) is 5.12. The molecular formula is C24H26N2O3Se. The first-order valence-electron chi connectivity index (χ1n) is 10.1. The summed E-state index contributed by atoms with van der Waals surface area (Å²) in [4.78, 5) is 18.4. The summed E-state index contributed by atoms with van der Waals surface area (Å²) >= 11 is 0.188. The van der Waals surface area contributed by atoms with Crippen LogP contribution in [0.1, 0.15) is 19.4 Å². The minimum atomic E-state index is -0.102. The van der Waals surface area contributed by atoms with Crippen molar-refractivity contribution in [1.29, 1.82) is 0 Å². The molecule has 1 saturated heterocycles. The first kappa shape index (κ1) is 20.9. The van der Waals surface area contributed by atoms with Crippen molar-refractivity contribution >= 4 is 20.5 Å². The van der Waals surface area contributed by atoms with Crippen LogP contribution in [0.2, 0.25) is 0 Å². The Hall–Kier alpha value is -2.40. The fourth-order valence-electron chi connectivity index (χ4n) is 3.54. The fourth-order valence-corrected chi connectivity index (χ4v) is 5.48. The summed E-state index contributed by atoms with van der Waals surface area (Å²) in [5.74, 6) is 0.820. The van der Waals surface area contributed by atoms with Gasteiger partial charge in [0, 0.05) is 0 Å². The van der Waals surface area contributed by atoms with Crippen LogP contribution in [0.15, 0.2) is 54.7 Å². The molecule has 2 aromatic carbocycles. The summed E-state index contributed by atoms with van der Waals surface area (Å²) < 4.78 is 13.0. The van der Waals surface area contributed by atoms with E-state index >= 15 is 0 Å². The van der Waals surface area contributed by atoms with Gasteiger partial charge in [-0.05, 0) is 0 Å². The fraction of sp³-hybridized carbons (Fsp3) is 0.333. The van der Waals surface area contributed by atoms with Crippen LogP contribution < -0.4 is 4.74 Å². The van der Waals surface area contributed by atoms with Crippen LogP contribution in [0.25, 0.3) is 20.1 Å². The van der Waals surface area contributed by atoms with Crippen LogP contribution in [0.5, 0.6) is 5.75 Å². The van der Waals surface area contributed by atoms with Gasteiger partial charge >= 0.3 is 183 Å². The Bertz CT molecular complexity index is 990. The average molecular weight is 469 g/mol. The van der Waals surface area contributed by atoms with E-state index in [4.69, 9.17) is 9.47 Å². The van der Waals surface area contributed by atoms with Crippen LogP contribution in [-0.2, 0) is 16.1 Å². The maximum absolute atomic E-state index is 11.5. The predicted octanol–water partition coefficient (Wildman–Crippen LogP) is 3.86. The zero-order valence-electron chi connectivity index (χ0n) is 17.5. The summed E-state index contributed by atoms with van der Waals surface area (Å²) in [5, 5.41) is 0. The van der Waals surface area contributed by atoms with Gasteiger partial charge in [-0.25, -0.2) is 0 Å². The number of carbonyl (C=O) groups excluding carboxylic acids is 1. The van der Waals surface area contributed by atoms with Crippen molar-refractivity contribution in [2.24, 2.45) is 5.92 Å². The molecule has 6 heteroatoms. The van der Waals surface area contributed by atoms with Gasteiger partial charge in [0.2, 0.25) is 0 Å². The van der Waals surface area contributed by atoms with Crippen molar-refractivity contribution in [1.82, 2.24) is 9.88 Å². The minimum absolute atomic E-state index is 0.0298.